The summed E-state index contributed by atoms with van der Waals surface area (Å²) in [5, 5.41) is 75.5. The molecule has 14 heteroatoms. The van der Waals surface area contributed by atoms with Gasteiger partial charge in [-0.05, 0) is 13.0 Å². The molecule has 14 nitrogen and oxygen atoms in total. The van der Waals surface area contributed by atoms with Gasteiger partial charge < -0.3 is 63.9 Å². The van der Waals surface area contributed by atoms with Crippen LogP contribution in [0, 0.1) is 6.92 Å². The Hall–Kier alpha value is -2.95. The van der Waals surface area contributed by atoms with Crippen molar-refractivity contribution in [3.63, 3.8) is 0 Å². The van der Waals surface area contributed by atoms with Gasteiger partial charge >= 0.3 is 5.63 Å². The molecule has 2 aliphatic heterocycles. The van der Waals surface area contributed by atoms with E-state index in [9.17, 15) is 25.2 Å². The second-order valence-corrected chi connectivity index (χ2v) is 9.15. The summed E-state index contributed by atoms with van der Waals surface area (Å²) < 4.78 is 26.6. The average molecular weight is 542 g/mol. The molecule has 4 heterocycles. The molecule has 1 aromatic carbocycles. The van der Waals surface area contributed by atoms with E-state index in [0.29, 0.717) is 5.76 Å². The van der Waals surface area contributed by atoms with E-state index in [1.807, 2.05) is 0 Å². The van der Waals surface area contributed by atoms with Gasteiger partial charge in [0.1, 0.15) is 28.9 Å². The summed E-state index contributed by atoms with van der Waals surface area (Å²) >= 11 is 0. The first kappa shape index (κ1) is 28.1. The zero-order valence-corrected chi connectivity index (χ0v) is 20.3. The van der Waals surface area contributed by atoms with Crippen molar-refractivity contribution < 1.29 is 63.9 Å². The normalized spacial score (nSPS) is 29.7. The third-order valence-electron chi connectivity index (χ3n) is 6.24. The molecule has 5 rings (SSSR count). The van der Waals surface area contributed by atoms with Crippen LogP contribution in [0.5, 0.6) is 17.2 Å². The highest BCUT2D eigenvalue weighted by atomic mass is 16.7. The number of aliphatic hydroxyl groups excluding tert-OH is 6. The Labute approximate surface area is 214 Å². The molecular formula is C24H30O14. The zero-order chi connectivity index (χ0) is 27.7. The second-order valence-electron chi connectivity index (χ2n) is 9.15. The number of phenols is 2. The molecule has 2 aromatic heterocycles. The Morgan fingerprint density at radius 1 is 0.974 bits per heavy atom. The highest BCUT2D eigenvalue weighted by molar-refractivity contribution is 6.07. The standard InChI is InChI=1S/C18H18O9.C6H12O5/c1-7-2-12-14(18(23)24-7)10-5-11(21)15(22)17(16(10)26-12)27-13-4-8(20)3-9(6-19)25-13;7-2-4-6(10)3(8)1-5(9)11-4/h2,5,8-9,13,19-22H,3-4,6H2,1H3;3-10H,1-2H2. The molecule has 38 heavy (non-hydrogen) atoms. The lowest BCUT2D eigenvalue weighted by atomic mass is 10.0. The molecule has 0 saturated carbocycles. The fourth-order valence-electron chi connectivity index (χ4n) is 4.39. The summed E-state index contributed by atoms with van der Waals surface area (Å²) in [5.41, 5.74) is -0.404. The Kier molecular flexibility index (Phi) is 8.44. The SMILES string of the molecule is Cc1cc2oc3c(OC4CC(O)CC(CO)O4)c(O)c(O)cc3c2c(=O)o1.OCC1OC(O)CC(O)C1O. The van der Waals surface area contributed by atoms with E-state index >= 15 is 0 Å². The first-order valence-electron chi connectivity index (χ1n) is 11.9. The van der Waals surface area contributed by atoms with E-state index in [0.717, 1.165) is 0 Å². The van der Waals surface area contributed by atoms with Crippen LogP contribution in [0.4, 0.5) is 0 Å². The van der Waals surface area contributed by atoms with Gasteiger partial charge in [-0.15, -0.1) is 0 Å². The van der Waals surface area contributed by atoms with Crippen molar-refractivity contribution >= 4 is 21.9 Å². The molecule has 0 radical (unpaired) electrons. The molecule has 2 fully saturated rings. The number of aliphatic hydroxyl groups is 6. The monoisotopic (exact) mass is 542 g/mol. The van der Waals surface area contributed by atoms with Crippen LogP contribution >= 0.6 is 0 Å². The first-order valence-corrected chi connectivity index (χ1v) is 11.9. The van der Waals surface area contributed by atoms with Crippen LogP contribution in [0.2, 0.25) is 0 Å². The molecule has 210 valence electrons. The zero-order valence-electron chi connectivity index (χ0n) is 20.3. The number of fused-ring (bicyclic) bond motifs is 3. The van der Waals surface area contributed by atoms with Crippen LogP contribution in [-0.2, 0) is 9.47 Å². The molecule has 0 aliphatic carbocycles. The van der Waals surface area contributed by atoms with E-state index in [1.165, 1.54) is 12.1 Å². The van der Waals surface area contributed by atoms with Crippen molar-refractivity contribution in [1.29, 1.82) is 0 Å². The van der Waals surface area contributed by atoms with Crippen molar-refractivity contribution in [2.45, 2.75) is 69.3 Å². The highest BCUT2D eigenvalue weighted by Crippen LogP contribution is 2.46. The number of furan rings is 1. The molecule has 0 amide bonds. The number of phenolic OH excluding ortho intramolecular Hbond substituents is 2. The molecule has 7 atom stereocenters. The molecule has 2 aliphatic rings. The summed E-state index contributed by atoms with van der Waals surface area (Å²) in [7, 11) is 0. The van der Waals surface area contributed by atoms with Crippen LogP contribution in [0.1, 0.15) is 25.0 Å². The molecule has 3 aromatic rings. The minimum atomic E-state index is -1.11. The van der Waals surface area contributed by atoms with Crippen LogP contribution < -0.4 is 10.4 Å². The third kappa shape index (κ3) is 5.72. The maximum Gasteiger partial charge on any atom is 0.347 e. The lowest BCUT2D eigenvalue weighted by Gasteiger charge is -2.33. The quantitative estimate of drug-likeness (QED) is 0.191. The van der Waals surface area contributed by atoms with Crippen molar-refractivity contribution in [3.05, 3.63) is 28.3 Å². The predicted molar refractivity (Wildman–Crippen MR) is 127 cm³/mol. The van der Waals surface area contributed by atoms with Gasteiger partial charge in [0.15, 0.2) is 17.6 Å². The van der Waals surface area contributed by atoms with Crippen molar-refractivity contribution in [3.8, 4) is 17.2 Å². The van der Waals surface area contributed by atoms with E-state index in [-0.39, 0.29) is 53.6 Å². The van der Waals surface area contributed by atoms with Gasteiger partial charge in [0.25, 0.3) is 0 Å². The second kappa shape index (κ2) is 11.4. The third-order valence-corrected chi connectivity index (χ3v) is 6.24. The van der Waals surface area contributed by atoms with Gasteiger partial charge in [0.2, 0.25) is 17.8 Å². The topological polar surface area (TPSA) is 233 Å². The van der Waals surface area contributed by atoms with E-state index in [2.05, 4.69) is 0 Å². The van der Waals surface area contributed by atoms with E-state index < -0.39 is 66.8 Å². The van der Waals surface area contributed by atoms with Crippen molar-refractivity contribution in [2.75, 3.05) is 13.2 Å². The summed E-state index contributed by atoms with van der Waals surface area (Å²) in [4.78, 5) is 12.2. The molecule has 2 saturated heterocycles. The maximum absolute atomic E-state index is 12.2. The van der Waals surface area contributed by atoms with Crippen molar-refractivity contribution in [1.82, 2.24) is 0 Å². The van der Waals surface area contributed by atoms with E-state index in [1.54, 1.807) is 6.92 Å². The first-order chi connectivity index (χ1) is 18.0. The summed E-state index contributed by atoms with van der Waals surface area (Å²) in [6.07, 6.45) is -6.15. The number of benzene rings is 1. The van der Waals surface area contributed by atoms with Gasteiger partial charge in [0, 0.05) is 30.7 Å². The molecule has 7 unspecified atom stereocenters. The molecular weight excluding hydrogens is 512 g/mol. The average Bonchev–Trinajstić information content (AvgIpc) is 3.22. The summed E-state index contributed by atoms with van der Waals surface area (Å²) in [6, 6.07) is 2.69. The number of ether oxygens (including phenoxy) is 3. The van der Waals surface area contributed by atoms with Crippen LogP contribution in [-0.4, -0.2) is 97.2 Å². The predicted octanol–water partition coefficient (Wildman–Crippen LogP) is -0.696. The maximum atomic E-state index is 12.2. The van der Waals surface area contributed by atoms with Gasteiger partial charge in [-0.1, -0.05) is 0 Å². The Morgan fingerprint density at radius 2 is 1.71 bits per heavy atom. The van der Waals surface area contributed by atoms with Gasteiger partial charge in [-0.2, -0.15) is 0 Å². The fourth-order valence-corrected chi connectivity index (χ4v) is 4.39. The molecule has 8 N–H and O–H groups in total. The number of rotatable bonds is 4. The number of aromatic hydroxyl groups is 2. The molecule has 0 bridgehead atoms. The van der Waals surface area contributed by atoms with Crippen LogP contribution in [0.3, 0.4) is 0 Å². The largest absolute Gasteiger partial charge is 0.504 e. The Morgan fingerprint density at radius 3 is 2.39 bits per heavy atom. The minimum absolute atomic E-state index is 0.0162. The Bertz CT molecular complexity index is 1320. The lowest BCUT2D eigenvalue weighted by molar-refractivity contribution is -0.239. The van der Waals surface area contributed by atoms with Gasteiger partial charge in [-0.25, -0.2) is 4.79 Å². The van der Waals surface area contributed by atoms with Crippen molar-refractivity contribution in [2.24, 2.45) is 0 Å². The molecule has 0 spiro atoms. The van der Waals surface area contributed by atoms with Gasteiger partial charge in [-0.3, -0.25) is 0 Å². The fraction of sp³-hybridized carbons (Fsp3) is 0.542. The van der Waals surface area contributed by atoms with Crippen LogP contribution in [0.25, 0.3) is 21.9 Å². The Balaban J connectivity index is 0.000000257. The van der Waals surface area contributed by atoms with E-state index in [4.69, 9.17) is 43.5 Å². The smallest absolute Gasteiger partial charge is 0.347 e. The number of hydrogen-bond donors (Lipinski definition) is 8. The van der Waals surface area contributed by atoms with Crippen LogP contribution in [0.15, 0.2) is 25.8 Å². The highest BCUT2D eigenvalue weighted by Gasteiger charge is 2.35. The number of aryl methyl sites for hydroxylation is 1. The minimum Gasteiger partial charge on any atom is -0.504 e. The number of hydrogen-bond acceptors (Lipinski definition) is 14. The summed E-state index contributed by atoms with van der Waals surface area (Å²) in [6.45, 7) is 0.880. The van der Waals surface area contributed by atoms with Gasteiger partial charge in [0.05, 0.1) is 31.5 Å². The lowest BCUT2D eigenvalue weighted by Crippen LogP contribution is -2.49. The summed E-state index contributed by atoms with van der Waals surface area (Å²) in [5.74, 6) is -0.997.